The van der Waals surface area contributed by atoms with Crippen molar-refractivity contribution >= 4 is 9.84 Å². The minimum Gasteiger partial charge on any atom is -0.492 e. The summed E-state index contributed by atoms with van der Waals surface area (Å²) in [5, 5.41) is 9.47. The lowest BCUT2D eigenvalue weighted by Gasteiger charge is -2.32. The molecule has 20 heavy (non-hydrogen) atoms. The van der Waals surface area contributed by atoms with Crippen molar-refractivity contribution in [3.63, 3.8) is 0 Å². The molecule has 0 amide bonds. The van der Waals surface area contributed by atoms with Gasteiger partial charge in [0.1, 0.15) is 22.2 Å². The first-order valence-corrected chi connectivity index (χ1v) is 8.65. The fourth-order valence-electron chi connectivity index (χ4n) is 2.49. The SMILES string of the molecule is CCS(=O)(=O)CCCC1(C#N)COc2ccccc2C1. The molecule has 0 saturated carbocycles. The molecule has 108 valence electrons. The zero-order valence-electron chi connectivity index (χ0n) is 11.6. The van der Waals surface area contributed by atoms with Gasteiger partial charge in [0.2, 0.25) is 0 Å². The number of nitrogens with zero attached hydrogens (tertiary/aromatic N) is 1. The van der Waals surface area contributed by atoms with Crippen molar-refractivity contribution in [3.8, 4) is 11.8 Å². The molecule has 5 heteroatoms. The Morgan fingerprint density at radius 2 is 2.15 bits per heavy atom. The maximum Gasteiger partial charge on any atom is 0.150 e. The van der Waals surface area contributed by atoms with Crippen LogP contribution in [-0.2, 0) is 16.3 Å². The van der Waals surface area contributed by atoms with Crippen LogP contribution in [0.3, 0.4) is 0 Å². The van der Waals surface area contributed by atoms with E-state index in [1.165, 1.54) is 0 Å². The van der Waals surface area contributed by atoms with E-state index in [2.05, 4.69) is 6.07 Å². The Bertz CT molecular complexity index is 618. The molecular formula is C15H19NO3S. The van der Waals surface area contributed by atoms with Crippen LogP contribution < -0.4 is 4.74 Å². The maximum atomic E-state index is 11.5. The van der Waals surface area contributed by atoms with Crippen LogP contribution in [0.4, 0.5) is 0 Å². The van der Waals surface area contributed by atoms with Gasteiger partial charge in [-0.1, -0.05) is 25.1 Å². The molecule has 0 aliphatic carbocycles. The standard InChI is InChI=1S/C15H19NO3S/c1-2-20(17,18)9-5-8-15(11-16)10-13-6-3-4-7-14(13)19-12-15/h3-4,6-7H,2,5,8-10,12H2,1H3. The van der Waals surface area contributed by atoms with Gasteiger partial charge in [-0.15, -0.1) is 0 Å². The smallest absolute Gasteiger partial charge is 0.150 e. The van der Waals surface area contributed by atoms with E-state index >= 15 is 0 Å². The van der Waals surface area contributed by atoms with Gasteiger partial charge in [-0.2, -0.15) is 5.26 Å². The molecule has 1 aromatic rings. The molecule has 1 aliphatic heterocycles. The largest absolute Gasteiger partial charge is 0.492 e. The average molecular weight is 293 g/mol. The van der Waals surface area contributed by atoms with Crippen molar-refractivity contribution in [1.29, 1.82) is 5.26 Å². The summed E-state index contributed by atoms with van der Waals surface area (Å²) < 4.78 is 28.7. The predicted molar refractivity (Wildman–Crippen MR) is 77.2 cm³/mol. The molecule has 4 nitrogen and oxygen atoms in total. The highest BCUT2D eigenvalue weighted by Crippen LogP contribution is 2.37. The quantitative estimate of drug-likeness (QED) is 0.835. The number of rotatable bonds is 5. The Morgan fingerprint density at radius 1 is 1.40 bits per heavy atom. The molecule has 0 bridgehead atoms. The van der Waals surface area contributed by atoms with Crippen molar-refractivity contribution in [2.75, 3.05) is 18.1 Å². The van der Waals surface area contributed by atoms with Crippen molar-refractivity contribution in [3.05, 3.63) is 29.8 Å². The van der Waals surface area contributed by atoms with Gasteiger partial charge in [-0.3, -0.25) is 0 Å². The third kappa shape index (κ3) is 3.31. The van der Waals surface area contributed by atoms with E-state index in [9.17, 15) is 13.7 Å². The summed E-state index contributed by atoms with van der Waals surface area (Å²) in [6.07, 6.45) is 1.69. The Hall–Kier alpha value is -1.54. The van der Waals surface area contributed by atoms with E-state index in [1.807, 2.05) is 24.3 Å². The lowest BCUT2D eigenvalue weighted by atomic mass is 9.78. The molecule has 1 aliphatic rings. The summed E-state index contributed by atoms with van der Waals surface area (Å²) in [5.41, 5.74) is 0.427. The Kier molecular flexibility index (Phi) is 4.34. The van der Waals surface area contributed by atoms with Gasteiger partial charge in [-0.25, -0.2) is 8.42 Å². The highest BCUT2D eigenvalue weighted by molar-refractivity contribution is 7.91. The van der Waals surface area contributed by atoms with E-state index in [-0.39, 0.29) is 11.5 Å². The number of para-hydroxylation sites is 1. The molecule has 0 spiro atoms. The van der Waals surface area contributed by atoms with E-state index in [1.54, 1.807) is 6.92 Å². The first-order valence-electron chi connectivity index (χ1n) is 6.83. The first kappa shape index (κ1) is 14.9. The van der Waals surface area contributed by atoms with E-state index in [0.717, 1.165) is 11.3 Å². The summed E-state index contributed by atoms with van der Waals surface area (Å²) in [4.78, 5) is 0. The number of hydrogen-bond acceptors (Lipinski definition) is 4. The number of ether oxygens (including phenoxy) is 1. The van der Waals surface area contributed by atoms with Crippen LogP contribution in [0.25, 0.3) is 0 Å². The van der Waals surface area contributed by atoms with Crippen molar-refractivity contribution < 1.29 is 13.2 Å². The van der Waals surface area contributed by atoms with Crippen molar-refractivity contribution in [1.82, 2.24) is 0 Å². The zero-order valence-corrected chi connectivity index (χ0v) is 12.4. The minimum absolute atomic E-state index is 0.147. The molecule has 0 saturated heterocycles. The Labute approximate surface area is 120 Å². The highest BCUT2D eigenvalue weighted by Gasteiger charge is 2.36. The van der Waals surface area contributed by atoms with Crippen LogP contribution in [0.1, 0.15) is 25.3 Å². The molecule has 1 aromatic carbocycles. The number of sulfone groups is 1. The predicted octanol–water partition coefficient (Wildman–Crippen LogP) is 2.35. The summed E-state index contributed by atoms with van der Waals surface area (Å²) >= 11 is 0. The molecule has 1 heterocycles. The third-order valence-corrected chi connectivity index (χ3v) is 5.58. The van der Waals surface area contributed by atoms with Crippen LogP contribution in [0, 0.1) is 16.7 Å². The summed E-state index contributed by atoms with van der Waals surface area (Å²) in [6, 6.07) is 10.0. The third-order valence-electron chi connectivity index (χ3n) is 3.79. The van der Waals surface area contributed by atoms with Gasteiger partial charge in [-0.05, 0) is 30.9 Å². The summed E-state index contributed by atoms with van der Waals surface area (Å²) in [7, 11) is -2.97. The zero-order chi connectivity index (χ0) is 14.6. The fraction of sp³-hybridized carbons (Fsp3) is 0.533. The summed E-state index contributed by atoms with van der Waals surface area (Å²) in [5.74, 6) is 1.14. The fourth-order valence-corrected chi connectivity index (χ4v) is 3.36. The maximum absolute atomic E-state index is 11.5. The van der Waals surface area contributed by atoms with Gasteiger partial charge in [0.25, 0.3) is 0 Å². The van der Waals surface area contributed by atoms with Gasteiger partial charge < -0.3 is 4.74 Å². The van der Waals surface area contributed by atoms with E-state index < -0.39 is 15.3 Å². The second kappa shape index (κ2) is 5.84. The van der Waals surface area contributed by atoms with Crippen molar-refractivity contribution in [2.45, 2.75) is 26.2 Å². The molecule has 0 N–H and O–H groups in total. The van der Waals surface area contributed by atoms with Gasteiger partial charge >= 0.3 is 0 Å². The van der Waals surface area contributed by atoms with Gasteiger partial charge in [0, 0.05) is 5.75 Å². The molecule has 2 rings (SSSR count). The van der Waals surface area contributed by atoms with Crippen LogP contribution in [0.2, 0.25) is 0 Å². The number of hydrogen-bond donors (Lipinski definition) is 0. The lowest BCUT2D eigenvalue weighted by molar-refractivity contribution is 0.159. The minimum atomic E-state index is -2.97. The normalized spacial score (nSPS) is 21.6. The lowest BCUT2D eigenvalue weighted by Crippen LogP contribution is -2.34. The topological polar surface area (TPSA) is 67.2 Å². The van der Waals surface area contributed by atoms with Crippen LogP contribution in [0.5, 0.6) is 5.75 Å². The second-order valence-electron chi connectivity index (χ2n) is 5.31. The van der Waals surface area contributed by atoms with Crippen LogP contribution in [-0.4, -0.2) is 26.5 Å². The van der Waals surface area contributed by atoms with Crippen LogP contribution in [0.15, 0.2) is 24.3 Å². The number of benzene rings is 1. The number of fused-ring (bicyclic) bond motifs is 1. The molecule has 0 radical (unpaired) electrons. The monoisotopic (exact) mass is 293 g/mol. The molecule has 1 unspecified atom stereocenters. The molecule has 0 aromatic heterocycles. The highest BCUT2D eigenvalue weighted by atomic mass is 32.2. The Balaban J connectivity index is 2.04. The van der Waals surface area contributed by atoms with Crippen molar-refractivity contribution in [2.24, 2.45) is 5.41 Å². The molecule has 1 atom stereocenters. The second-order valence-corrected chi connectivity index (χ2v) is 7.78. The molecular weight excluding hydrogens is 274 g/mol. The van der Waals surface area contributed by atoms with Crippen LogP contribution >= 0.6 is 0 Å². The first-order chi connectivity index (χ1) is 9.50. The van der Waals surface area contributed by atoms with E-state index in [0.29, 0.717) is 25.9 Å². The summed E-state index contributed by atoms with van der Waals surface area (Å²) in [6.45, 7) is 1.99. The number of nitriles is 1. The average Bonchev–Trinajstić information content (AvgIpc) is 2.47. The van der Waals surface area contributed by atoms with E-state index in [4.69, 9.17) is 4.74 Å². The Morgan fingerprint density at radius 3 is 2.85 bits per heavy atom. The molecule has 0 fully saturated rings. The van der Waals surface area contributed by atoms with Gasteiger partial charge in [0.15, 0.2) is 0 Å². The van der Waals surface area contributed by atoms with Gasteiger partial charge in [0.05, 0.1) is 17.2 Å².